The minimum Gasteiger partial charge on any atom is -0.412 e. The number of halogens is 1. The number of para-hydroxylation sites is 1. The SMILES string of the molecule is Cc1cccc2c1C(=O)N(CCCCN1CCN(C3=CC=S(c4ccccc4)N3c3ccccc3)CC1)C2=O.Cl.O. The van der Waals surface area contributed by atoms with E-state index in [1.807, 2.05) is 19.1 Å². The van der Waals surface area contributed by atoms with Crippen molar-refractivity contribution in [2.75, 3.05) is 43.6 Å². The molecule has 9 heteroatoms. The van der Waals surface area contributed by atoms with Crippen molar-refractivity contribution in [2.45, 2.75) is 24.7 Å². The Labute approximate surface area is 250 Å². The maximum absolute atomic E-state index is 12.8. The molecule has 1 unspecified atom stereocenters. The van der Waals surface area contributed by atoms with Crippen molar-refractivity contribution in [3.63, 3.8) is 0 Å². The van der Waals surface area contributed by atoms with Crippen molar-refractivity contribution in [1.29, 1.82) is 0 Å². The number of fused-ring (bicyclic) bond motifs is 1. The summed E-state index contributed by atoms with van der Waals surface area (Å²) in [5, 5.41) is 2.34. The molecule has 1 saturated heterocycles. The van der Waals surface area contributed by atoms with Gasteiger partial charge in [-0.2, -0.15) is 0 Å². The van der Waals surface area contributed by atoms with Gasteiger partial charge in [0.2, 0.25) is 0 Å². The molecule has 0 aliphatic carbocycles. The lowest BCUT2D eigenvalue weighted by molar-refractivity contribution is 0.0649. The maximum atomic E-state index is 12.8. The summed E-state index contributed by atoms with van der Waals surface area (Å²) < 4.78 is 2.48. The van der Waals surface area contributed by atoms with Gasteiger partial charge < -0.3 is 10.4 Å². The van der Waals surface area contributed by atoms with Crippen LogP contribution in [-0.4, -0.2) is 76.6 Å². The van der Waals surface area contributed by atoms with Crippen molar-refractivity contribution < 1.29 is 15.1 Å². The topological polar surface area (TPSA) is 78.6 Å². The Morgan fingerprint density at radius 3 is 2.10 bits per heavy atom. The molecular weight excluding hydrogens is 556 g/mol. The summed E-state index contributed by atoms with van der Waals surface area (Å²) in [6, 6.07) is 26.9. The van der Waals surface area contributed by atoms with Crippen LogP contribution in [-0.2, 0) is 0 Å². The first kappa shape index (κ1) is 30.5. The molecule has 1 fully saturated rings. The Bertz CT molecular complexity index is 1440. The fourth-order valence-corrected chi connectivity index (χ4v) is 7.56. The second-order valence-electron chi connectivity index (χ2n) is 10.2. The van der Waals surface area contributed by atoms with Crippen molar-refractivity contribution in [2.24, 2.45) is 0 Å². The highest BCUT2D eigenvalue weighted by Gasteiger charge is 2.36. The Kier molecular flexibility index (Phi) is 10.0. The molecule has 3 aromatic rings. The Hall–Kier alpha value is -3.43. The Morgan fingerprint density at radius 1 is 0.756 bits per heavy atom. The van der Waals surface area contributed by atoms with Gasteiger partial charge in [-0.3, -0.25) is 23.7 Å². The predicted octanol–water partition coefficient (Wildman–Crippen LogP) is 4.99. The second kappa shape index (κ2) is 13.5. The highest BCUT2D eigenvalue weighted by atomic mass is 35.5. The molecule has 216 valence electrons. The average Bonchev–Trinajstić information content (AvgIpc) is 3.52. The van der Waals surface area contributed by atoms with Gasteiger partial charge in [-0.1, -0.05) is 59.2 Å². The third kappa shape index (κ3) is 6.11. The van der Waals surface area contributed by atoms with Crippen LogP contribution in [0.4, 0.5) is 5.69 Å². The third-order valence-electron chi connectivity index (χ3n) is 7.74. The Balaban J connectivity index is 0.00000194. The van der Waals surface area contributed by atoms with Gasteiger partial charge in [0, 0.05) is 37.6 Å². The van der Waals surface area contributed by atoms with Crippen LogP contribution in [0.3, 0.4) is 0 Å². The summed E-state index contributed by atoms with van der Waals surface area (Å²) in [7, 11) is -0.149. The second-order valence-corrected chi connectivity index (χ2v) is 12.0. The summed E-state index contributed by atoms with van der Waals surface area (Å²) in [6.07, 6.45) is 4.09. The van der Waals surface area contributed by atoms with E-state index in [1.165, 1.54) is 21.3 Å². The van der Waals surface area contributed by atoms with E-state index in [9.17, 15) is 9.59 Å². The fraction of sp³-hybridized carbons (Fsp3) is 0.281. The molecule has 0 aromatic heterocycles. The zero-order valence-electron chi connectivity index (χ0n) is 23.2. The quantitative estimate of drug-likeness (QED) is 0.209. The van der Waals surface area contributed by atoms with E-state index in [0.29, 0.717) is 17.7 Å². The first-order valence-electron chi connectivity index (χ1n) is 13.7. The van der Waals surface area contributed by atoms with Crippen LogP contribution < -0.4 is 4.31 Å². The van der Waals surface area contributed by atoms with Gasteiger partial charge in [0.05, 0.1) is 16.8 Å². The standard InChI is InChI=1S/C32H34N4O2S.ClH.H2O/c1-25-11-10-16-28-30(25)32(38)35(31(28)37)19-9-8-18-33-20-22-34(23-21-33)29-17-24-39(27-14-6-3-7-15-27)36(29)26-12-4-2-5-13-26;;/h2-7,10-17,24H,8-9,18-23H2,1H3;1H;1H2. The van der Waals surface area contributed by atoms with Crippen LogP contribution in [0.25, 0.3) is 0 Å². The molecule has 41 heavy (non-hydrogen) atoms. The average molecular weight is 593 g/mol. The lowest BCUT2D eigenvalue weighted by atomic mass is 10.0. The number of unbranched alkanes of at least 4 members (excludes halogenated alkanes) is 1. The van der Waals surface area contributed by atoms with Crippen molar-refractivity contribution in [3.8, 4) is 0 Å². The van der Waals surface area contributed by atoms with E-state index >= 15 is 0 Å². The van der Waals surface area contributed by atoms with Crippen molar-refractivity contribution >= 4 is 45.9 Å². The van der Waals surface area contributed by atoms with Gasteiger partial charge in [-0.15, -0.1) is 12.4 Å². The monoisotopic (exact) mass is 592 g/mol. The number of piperazine rings is 1. The van der Waals surface area contributed by atoms with Gasteiger partial charge in [0.25, 0.3) is 11.8 Å². The molecule has 2 N–H and O–H groups in total. The summed E-state index contributed by atoms with van der Waals surface area (Å²) in [5.74, 6) is 0.987. The normalized spacial score (nSPS) is 18.4. The van der Waals surface area contributed by atoms with Crippen LogP contribution in [0.2, 0.25) is 0 Å². The number of hydrogen-bond donors (Lipinski definition) is 0. The van der Waals surface area contributed by atoms with Gasteiger partial charge >= 0.3 is 0 Å². The minimum atomic E-state index is -0.149. The van der Waals surface area contributed by atoms with E-state index in [4.69, 9.17) is 0 Å². The van der Waals surface area contributed by atoms with Gasteiger partial charge in [0.1, 0.15) is 5.82 Å². The van der Waals surface area contributed by atoms with E-state index < -0.39 is 0 Å². The number of hydrogen-bond acceptors (Lipinski definition) is 5. The van der Waals surface area contributed by atoms with Crippen LogP contribution in [0.5, 0.6) is 0 Å². The molecule has 2 amide bonds. The molecule has 3 aromatic carbocycles. The first-order valence-corrected chi connectivity index (χ1v) is 15.0. The number of amides is 2. The number of carbonyl (C=O) groups is 2. The number of rotatable bonds is 8. The van der Waals surface area contributed by atoms with Crippen LogP contribution in [0.15, 0.2) is 95.7 Å². The van der Waals surface area contributed by atoms with E-state index in [0.717, 1.165) is 51.1 Å². The molecular formula is C32H37ClN4O3S. The minimum absolute atomic E-state index is 0. The van der Waals surface area contributed by atoms with Crippen molar-refractivity contribution in [3.05, 3.63) is 107 Å². The molecule has 7 nitrogen and oxygen atoms in total. The zero-order valence-corrected chi connectivity index (χ0v) is 24.9. The first-order chi connectivity index (χ1) is 19.1. The van der Waals surface area contributed by atoms with Crippen molar-refractivity contribution in [1.82, 2.24) is 14.7 Å². The number of benzene rings is 3. The van der Waals surface area contributed by atoms with E-state index in [2.05, 4.69) is 86.2 Å². The van der Waals surface area contributed by atoms with Crippen LogP contribution in [0, 0.1) is 6.92 Å². The number of aryl methyl sites for hydroxylation is 1. The summed E-state index contributed by atoms with van der Waals surface area (Å²) in [4.78, 5) is 33.3. The lowest BCUT2D eigenvalue weighted by Crippen LogP contribution is -2.48. The smallest absolute Gasteiger partial charge is 0.261 e. The zero-order chi connectivity index (χ0) is 26.8. The largest absolute Gasteiger partial charge is 0.412 e. The highest BCUT2D eigenvalue weighted by molar-refractivity contribution is 8.16. The fourth-order valence-electron chi connectivity index (χ4n) is 5.65. The maximum Gasteiger partial charge on any atom is 0.261 e. The number of anilines is 1. The molecule has 0 bridgehead atoms. The number of imide groups is 1. The lowest BCUT2D eigenvalue weighted by Gasteiger charge is -2.40. The number of nitrogens with zero attached hydrogens (tertiary/aromatic N) is 4. The molecule has 0 saturated carbocycles. The third-order valence-corrected chi connectivity index (χ3v) is 9.68. The van der Waals surface area contributed by atoms with E-state index in [-0.39, 0.29) is 40.4 Å². The van der Waals surface area contributed by atoms with Gasteiger partial charge in [0.15, 0.2) is 0 Å². The molecule has 3 heterocycles. The van der Waals surface area contributed by atoms with Gasteiger partial charge in [-0.25, -0.2) is 0 Å². The molecule has 3 aliphatic rings. The highest BCUT2D eigenvalue weighted by Crippen LogP contribution is 2.42. The predicted molar refractivity (Wildman–Crippen MR) is 170 cm³/mol. The Morgan fingerprint density at radius 2 is 1.41 bits per heavy atom. The summed E-state index contributed by atoms with van der Waals surface area (Å²) in [5.41, 5.74) is 3.23. The number of allylic oxidation sites excluding steroid dienone is 1. The molecule has 6 rings (SSSR count). The summed E-state index contributed by atoms with van der Waals surface area (Å²) >= 11 is 0. The van der Waals surface area contributed by atoms with Gasteiger partial charge in [-0.05, 0) is 73.6 Å². The summed E-state index contributed by atoms with van der Waals surface area (Å²) in [6.45, 7) is 7.34. The molecule has 0 radical (unpaired) electrons. The molecule has 1 atom stereocenters. The number of carbonyl (C=O) groups excluding carboxylic acids is 2. The molecule has 0 spiro atoms. The van der Waals surface area contributed by atoms with E-state index in [1.54, 1.807) is 6.07 Å². The van der Waals surface area contributed by atoms with Crippen LogP contribution in [0.1, 0.15) is 39.1 Å². The van der Waals surface area contributed by atoms with Crippen LogP contribution >= 0.6 is 23.1 Å². The molecule has 3 aliphatic heterocycles.